The van der Waals surface area contributed by atoms with Crippen molar-refractivity contribution in [3.05, 3.63) is 45.9 Å². The van der Waals surface area contributed by atoms with Gasteiger partial charge in [0.05, 0.1) is 12.2 Å². The first-order chi connectivity index (χ1) is 10.9. The van der Waals surface area contributed by atoms with Gasteiger partial charge < -0.3 is 15.5 Å². The van der Waals surface area contributed by atoms with Crippen molar-refractivity contribution >= 4 is 39.9 Å². The molecule has 2 rings (SSSR count). The molecule has 0 saturated heterocycles. The number of hydrogen-bond acceptors (Lipinski definition) is 5. The largest absolute Gasteiger partial charge is 0.343 e. The fraction of sp³-hybridized carbons (Fsp3) is 0.267. The Hall–Kier alpha value is -1.96. The van der Waals surface area contributed by atoms with E-state index in [4.69, 9.17) is 11.6 Å². The van der Waals surface area contributed by atoms with Crippen molar-refractivity contribution in [1.82, 2.24) is 15.2 Å². The Labute approximate surface area is 143 Å². The van der Waals surface area contributed by atoms with Crippen molar-refractivity contribution in [3.63, 3.8) is 0 Å². The molecule has 1 aromatic carbocycles. The molecule has 0 atom stereocenters. The highest BCUT2D eigenvalue weighted by atomic mass is 35.5. The second-order valence-corrected chi connectivity index (χ2v) is 6.41. The van der Waals surface area contributed by atoms with Gasteiger partial charge in [0.25, 0.3) is 5.91 Å². The number of nitrogens with one attached hydrogen (secondary N) is 2. The number of carbonyl (C=O) groups excluding carboxylic acids is 2. The van der Waals surface area contributed by atoms with Crippen LogP contribution in [0.3, 0.4) is 0 Å². The second kappa shape index (κ2) is 8.05. The molecule has 0 aliphatic heterocycles. The van der Waals surface area contributed by atoms with Crippen molar-refractivity contribution in [2.24, 2.45) is 0 Å². The highest BCUT2D eigenvalue weighted by molar-refractivity contribution is 7.13. The number of anilines is 1. The summed E-state index contributed by atoms with van der Waals surface area (Å²) >= 11 is 7.12. The summed E-state index contributed by atoms with van der Waals surface area (Å²) in [7, 11) is 3.90. The van der Waals surface area contributed by atoms with Crippen LogP contribution in [0.15, 0.2) is 29.6 Å². The minimum atomic E-state index is -0.329. The Morgan fingerprint density at radius 2 is 1.96 bits per heavy atom. The Balaban J connectivity index is 1.81. The van der Waals surface area contributed by atoms with E-state index in [9.17, 15) is 9.59 Å². The van der Waals surface area contributed by atoms with E-state index in [0.29, 0.717) is 22.3 Å². The monoisotopic (exact) mass is 352 g/mol. The molecule has 1 aromatic heterocycles. The summed E-state index contributed by atoms with van der Waals surface area (Å²) in [5, 5.41) is 8.18. The van der Waals surface area contributed by atoms with Crippen LogP contribution in [0, 0.1) is 0 Å². The second-order valence-electron chi connectivity index (χ2n) is 5.12. The van der Waals surface area contributed by atoms with Crippen molar-refractivity contribution in [3.8, 4) is 0 Å². The lowest BCUT2D eigenvalue weighted by Crippen LogP contribution is -2.32. The van der Waals surface area contributed by atoms with E-state index in [1.807, 2.05) is 24.4 Å². The molecular formula is C15H17ClN4O2S. The third-order valence-electron chi connectivity index (χ3n) is 2.79. The number of thiazole rings is 1. The Morgan fingerprint density at radius 1 is 1.26 bits per heavy atom. The molecule has 0 bridgehead atoms. The quantitative estimate of drug-likeness (QED) is 0.836. The molecule has 2 amide bonds. The number of nitrogens with zero attached hydrogens (tertiary/aromatic N) is 2. The van der Waals surface area contributed by atoms with E-state index in [0.717, 1.165) is 5.69 Å². The normalized spacial score (nSPS) is 10.6. The van der Waals surface area contributed by atoms with Gasteiger partial charge in [0.1, 0.15) is 0 Å². The van der Waals surface area contributed by atoms with E-state index in [2.05, 4.69) is 15.6 Å². The van der Waals surface area contributed by atoms with Crippen molar-refractivity contribution in [1.29, 1.82) is 0 Å². The van der Waals surface area contributed by atoms with E-state index in [1.165, 1.54) is 11.3 Å². The van der Waals surface area contributed by atoms with Gasteiger partial charge in [0.15, 0.2) is 5.13 Å². The van der Waals surface area contributed by atoms with Crippen LogP contribution in [0.5, 0.6) is 0 Å². The van der Waals surface area contributed by atoms with Crippen molar-refractivity contribution in [2.75, 3.05) is 26.0 Å². The molecule has 23 heavy (non-hydrogen) atoms. The SMILES string of the molecule is CN(C)Cc1csc(NC(=O)CNC(=O)c2ccc(Cl)cc2)n1. The van der Waals surface area contributed by atoms with E-state index >= 15 is 0 Å². The smallest absolute Gasteiger partial charge is 0.251 e. The summed E-state index contributed by atoms with van der Waals surface area (Å²) in [5.74, 6) is -0.651. The number of benzene rings is 1. The number of hydrogen-bond donors (Lipinski definition) is 2. The van der Waals surface area contributed by atoms with Gasteiger partial charge in [0, 0.05) is 22.5 Å². The van der Waals surface area contributed by atoms with Crippen molar-refractivity contribution in [2.45, 2.75) is 6.54 Å². The maximum atomic E-state index is 11.9. The third-order valence-corrected chi connectivity index (χ3v) is 3.85. The standard InChI is InChI=1S/C15H17ClN4O2S/c1-20(2)8-12-9-23-15(18-12)19-13(21)7-17-14(22)10-3-5-11(16)6-4-10/h3-6,9H,7-8H2,1-2H3,(H,17,22)(H,18,19,21). The Bertz CT molecular complexity index is 685. The molecule has 8 heteroatoms. The lowest BCUT2D eigenvalue weighted by atomic mass is 10.2. The number of aromatic nitrogens is 1. The highest BCUT2D eigenvalue weighted by Crippen LogP contribution is 2.16. The molecular weight excluding hydrogens is 336 g/mol. The predicted molar refractivity (Wildman–Crippen MR) is 91.9 cm³/mol. The minimum absolute atomic E-state index is 0.121. The van der Waals surface area contributed by atoms with Gasteiger partial charge in [-0.05, 0) is 38.4 Å². The van der Waals surface area contributed by atoms with Crippen LogP contribution in [0.25, 0.3) is 0 Å². The zero-order valence-electron chi connectivity index (χ0n) is 12.8. The van der Waals surface area contributed by atoms with Gasteiger partial charge in [-0.2, -0.15) is 0 Å². The molecule has 0 radical (unpaired) electrons. The fourth-order valence-electron chi connectivity index (χ4n) is 1.79. The molecule has 0 aliphatic rings. The van der Waals surface area contributed by atoms with Gasteiger partial charge >= 0.3 is 0 Å². The average Bonchev–Trinajstić information content (AvgIpc) is 2.91. The number of amides is 2. The van der Waals surface area contributed by atoms with Crippen LogP contribution >= 0.6 is 22.9 Å². The summed E-state index contributed by atoms with van der Waals surface area (Å²) < 4.78 is 0. The topological polar surface area (TPSA) is 74.3 Å². The summed E-state index contributed by atoms with van der Waals surface area (Å²) in [6, 6.07) is 6.45. The molecule has 122 valence electrons. The van der Waals surface area contributed by atoms with Gasteiger partial charge in [-0.25, -0.2) is 4.98 Å². The van der Waals surface area contributed by atoms with Gasteiger partial charge in [-0.1, -0.05) is 11.6 Å². The minimum Gasteiger partial charge on any atom is -0.343 e. The van der Waals surface area contributed by atoms with E-state index < -0.39 is 0 Å². The summed E-state index contributed by atoms with van der Waals surface area (Å²) in [5.41, 5.74) is 1.34. The maximum absolute atomic E-state index is 11.9. The van der Waals surface area contributed by atoms with Gasteiger partial charge in [-0.3, -0.25) is 9.59 Å². The van der Waals surface area contributed by atoms with Gasteiger partial charge in [0.2, 0.25) is 5.91 Å². The van der Waals surface area contributed by atoms with Crippen LogP contribution in [0.4, 0.5) is 5.13 Å². The Kier molecular flexibility index (Phi) is 6.09. The maximum Gasteiger partial charge on any atom is 0.251 e. The predicted octanol–water partition coefficient (Wildman–Crippen LogP) is 2.23. The molecule has 2 aromatic rings. The Morgan fingerprint density at radius 3 is 2.61 bits per heavy atom. The summed E-state index contributed by atoms with van der Waals surface area (Å²) in [6.07, 6.45) is 0. The average molecular weight is 353 g/mol. The van der Waals surface area contributed by atoms with E-state index in [-0.39, 0.29) is 18.4 Å². The molecule has 0 unspecified atom stereocenters. The molecule has 2 N–H and O–H groups in total. The number of halogens is 1. The first kappa shape index (κ1) is 17.4. The summed E-state index contributed by atoms with van der Waals surface area (Å²) in [4.78, 5) is 30.0. The molecule has 0 spiro atoms. The van der Waals surface area contributed by atoms with Crippen LogP contribution in [0.1, 0.15) is 16.1 Å². The zero-order valence-corrected chi connectivity index (χ0v) is 14.4. The molecule has 0 fully saturated rings. The lowest BCUT2D eigenvalue weighted by molar-refractivity contribution is -0.115. The number of rotatable bonds is 6. The van der Waals surface area contributed by atoms with Crippen molar-refractivity contribution < 1.29 is 9.59 Å². The summed E-state index contributed by atoms with van der Waals surface area (Å²) in [6.45, 7) is 0.587. The van der Waals surface area contributed by atoms with Gasteiger partial charge in [-0.15, -0.1) is 11.3 Å². The van der Waals surface area contributed by atoms with Crippen LogP contribution in [-0.4, -0.2) is 42.3 Å². The van der Waals surface area contributed by atoms with Crippen LogP contribution in [-0.2, 0) is 11.3 Å². The van der Waals surface area contributed by atoms with Crippen LogP contribution in [0.2, 0.25) is 5.02 Å². The molecule has 0 aliphatic carbocycles. The van der Waals surface area contributed by atoms with E-state index in [1.54, 1.807) is 24.3 Å². The molecule has 1 heterocycles. The fourth-order valence-corrected chi connectivity index (χ4v) is 2.63. The van der Waals surface area contributed by atoms with Crippen LogP contribution < -0.4 is 10.6 Å². The third kappa shape index (κ3) is 5.63. The molecule has 6 nitrogen and oxygen atoms in total. The number of carbonyl (C=O) groups is 2. The first-order valence-corrected chi connectivity index (χ1v) is 8.12. The molecule has 0 saturated carbocycles. The zero-order chi connectivity index (χ0) is 16.8. The highest BCUT2D eigenvalue weighted by Gasteiger charge is 2.10. The first-order valence-electron chi connectivity index (χ1n) is 6.87. The lowest BCUT2D eigenvalue weighted by Gasteiger charge is -2.06.